The summed E-state index contributed by atoms with van der Waals surface area (Å²) < 4.78 is 2.61. The van der Waals surface area contributed by atoms with Gasteiger partial charge in [0.05, 0.1) is 4.92 Å². The molecule has 1 N–H and O–H groups in total. The van der Waals surface area contributed by atoms with Crippen molar-refractivity contribution < 1.29 is 14.8 Å². The zero-order chi connectivity index (χ0) is 12.4. The van der Waals surface area contributed by atoms with Crippen molar-refractivity contribution in [2.45, 2.75) is 6.67 Å². The molecule has 0 saturated heterocycles. The first-order valence-electron chi connectivity index (χ1n) is 4.50. The van der Waals surface area contributed by atoms with Gasteiger partial charge in [-0.15, -0.1) is 0 Å². The van der Waals surface area contributed by atoms with Crippen LogP contribution in [0.3, 0.4) is 0 Å². The normalized spacial score (nSPS) is 10.4. The van der Waals surface area contributed by atoms with Crippen LogP contribution in [-0.4, -0.2) is 35.6 Å². The van der Waals surface area contributed by atoms with Crippen molar-refractivity contribution in [1.82, 2.24) is 19.6 Å². The van der Waals surface area contributed by atoms with E-state index < -0.39 is 22.3 Å². The summed E-state index contributed by atoms with van der Waals surface area (Å²) in [6, 6.07) is 1.68. The van der Waals surface area contributed by atoms with Crippen LogP contribution < -0.4 is 0 Å². The highest BCUT2D eigenvalue weighted by atomic mass is 16.6. The molecule has 0 aromatic carbocycles. The summed E-state index contributed by atoms with van der Waals surface area (Å²) in [6.45, 7) is 0.112. The van der Waals surface area contributed by atoms with Gasteiger partial charge in [-0.3, -0.25) is 14.8 Å². The largest absolute Gasteiger partial charge is 0.476 e. The van der Waals surface area contributed by atoms with Crippen LogP contribution >= 0.6 is 0 Å². The summed E-state index contributed by atoms with van der Waals surface area (Å²) in [4.78, 5) is 20.6. The molecular formula is C8H7N5O4. The molecule has 88 valence electrons. The van der Waals surface area contributed by atoms with Crippen LogP contribution in [0.25, 0.3) is 0 Å². The molecule has 0 amide bonds. The number of hydrogen-bond donors (Lipinski definition) is 1. The fraction of sp³-hybridized carbons (Fsp3) is 0.125. The number of nitro groups is 1. The predicted octanol–water partition coefficient (Wildman–Crippen LogP) is 0.192. The van der Waals surface area contributed by atoms with Crippen LogP contribution in [-0.2, 0) is 6.67 Å². The van der Waals surface area contributed by atoms with Gasteiger partial charge in [-0.1, -0.05) is 0 Å². The zero-order valence-electron chi connectivity index (χ0n) is 8.42. The zero-order valence-corrected chi connectivity index (χ0v) is 8.42. The maximum Gasteiger partial charge on any atom is 0.363 e. The molecule has 0 aliphatic rings. The molecule has 9 heteroatoms. The minimum Gasteiger partial charge on any atom is -0.476 e. The molecular weight excluding hydrogens is 230 g/mol. The van der Waals surface area contributed by atoms with Crippen molar-refractivity contribution >= 4 is 11.7 Å². The lowest BCUT2D eigenvalue weighted by Crippen LogP contribution is -2.10. The Bertz CT molecular complexity index is 527. The Hall–Kier alpha value is -2.71. The number of nitrogens with zero attached hydrogens (tertiary/aromatic N) is 5. The highest BCUT2D eigenvalue weighted by Crippen LogP contribution is 2.16. The van der Waals surface area contributed by atoms with E-state index >= 15 is 0 Å². The standard InChI is InChI=1S/C8H7N5O4/c14-8(15)7-6(13(16)17)4-12(10-7)5-11-3-1-2-9-11/h1-4H,5H2,(H,14,15). The molecule has 0 fully saturated rings. The third kappa shape index (κ3) is 2.12. The van der Waals surface area contributed by atoms with Crippen LogP contribution in [0.1, 0.15) is 10.5 Å². The molecule has 0 spiro atoms. The average Bonchev–Trinajstić information content (AvgIpc) is 2.86. The molecule has 17 heavy (non-hydrogen) atoms. The number of rotatable bonds is 4. The van der Waals surface area contributed by atoms with E-state index in [9.17, 15) is 14.9 Å². The molecule has 0 aliphatic carbocycles. The van der Waals surface area contributed by atoms with Crippen molar-refractivity contribution in [3.05, 3.63) is 40.5 Å². The molecule has 0 saturated carbocycles. The quantitative estimate of drug-likeness (QED) is 0.599. The van der Waals surface area contributed by atoms with Crippen LogP contribution in [0, 0.1) is 10.1 Å². The van der Waals surface area contributed by atoms with E-state index in [2.05, 4.69) is 10.2 Å². The molecule has 0 aliphatic heterocycles. The Morgan fingerprint density at radius 3 is 2.76 bits per heavy atom. The molecule has 9 nitrogen and oxygen atoms in total. The van der Waals surface area contributed by atoms with E-state index in [1.54, 1.807) is 12.3 Å². The van der Waals surface area contributed by atoms with Gasteiger partial charge in [0.2, 0.25) is 5.69 Å². The lowest BCUT2D eigenvalue weighted by Gasteiger charge is -1.99. The molecule has 2 heterocycles. The summed E-state index contributed by atoms with van der Waals surface area (Å²) in [5.74, 6) is -1.43. The maximum absolute atomic E-state index is 10.7. The van der Waals surface area contributed by atoms with Crippen LogP contribution in [0.15, 0.2) is 24.7 Å². The fourth-order valence-corrected chi connectivity index (χ4v) is 1.30. The first-order valence-corrected chi connectivity index (χ1v) is 4.50. The van der Waals surface area contributed by atoms with Crippen molar-refractivity contribution in [2.24, 2.45) is 0 Å². The summed E-state index contributed by atoms with van der Waals surface area (Å²) in [5, 5.41) is 26.9. The van der Waals surface area contributed by atoms with Gasteiger partial charge in [0.25, 0.3) is 0 Å². The lowest BCUT2D eigenvalue weighted by molar-refractivity contribution is -0.385. The first kappa shape index (κ1) is 10.8. The number of hydrogen-bond acceptors (Lipinski definition) is 5. The van der Waals surface area contributed by atoms with Crippen LogP contribution in [0.5, 0.6) is 0 Å². The summed E-state index contributed by atoms with van der Waals surface area (Å²) in [7, 11) is 0. The SMILES string of the molecule is O=C(O)c1nn(Cn2cccn2)cc1[N+](=O)[O-]. The van der Waals surface area contributed by atoms with E-state index in [1.165, 1.54) is 10.9 Å². The van der Waals surface area contributed by atoms with Gasteiger partial charge >= 0.3 is 11.7 Å². The smallest absolute Gasteiger partial charge is 0.363 e. The van der Waals surface area contributed by atoms with E-state index in [4.69, 9.17) is 5.11 Å². The Kier molecular flexibility index (Phi) is 2.57. The monoisotopic (exact) mass is 237 g/mol. The minimum absolute atomic E-state index is 0.112. The summed E-state index contributed by atoms with van der Waals surface area (Å²) in [6.07, 6.45) is 4.23. The first-order chi connectivity index (χ1) is 8.08. The van der Waals surface area contributed by atoms with Gasteiger partial charge in [0.15, 0.2) is 0 Å². The summed E-state index contributed by atoms with van der Waals surface area (Å²) >= 11 is 0. The molecule has 0 atom stereocenters. The van der Waals surface area contributed by atoms with Crippen LogP contribution in [0.4, 0.5) is 5.69 Å². The molecule has 2 rings (SSSR count). The van der Waals surface area contributed by atoms with Gasteiger partial charge in [-0.2, -0.15) is 10.2 Å². The lowest BCUT2D eigenvalue weighted by atomic mass is 10.4. The highest BCUT2D eigenvalue weighted by molar-refractivity contribution is 5.89. The molecule has 0 unspecified atom stereocenters. The van der Waals surface area contributed by atoms with Crippen LogP contribution in [0.2, 0.25) is 0 Å². The molecule has 2 aromatic heterocycles. The van der Waals surface area contributed by atoms with Gasteiger partial charge in [0.1, 0.15) is 12.9 Å². The Morgan fingerprint density at radius 1 is 1.53 bits per heavy atom. The third-order valence-corrected chi connectivity index (χ3v) is 1.99. The number of aromatic carboxylic acids is 1. The Morgan fingerprint density at radius 2 is 2.29 bits per heavy atom. The van der Waals surface area contributed by atoms with E-state index in [-0.39, 0.29) is 6.67 Å². The van der Waals surface area contributed by atoms with Crippen molar-refractivity contribution in [3.8, 4) is 0 Å². The predicted molar refractivity (Wildman–Crippen MR) is 53.5 cm³/mol. The van der Waals surface area contributed by atoms with Crippen molar-refractivity contribution in [3.63, 3.8) is 0 Å². The summed E-state index contributed by atoms with van der Waals surface area (Å²) in [5.41, 5.74) is -1.12. The topological polar surface area (TPSA) is 116 Å². The average molecular weight is 237 g/mol. The second kappa shape index (κ2) is 4.04. The van der Waals surface area contributed by atoms with E-state index in [0.717, 1.165) is 10.9 Å². The molecule has 2 aromatic rings. The Balaban J connectivity index is 2.34. The van der Waals surface area contributed by atoms with E-state index in [1.807, 2.05) is 0 Å². The van der Waals surface area contributed by atoms with Crippen molar-refractivity contribution in [1.29, 1.82) is 0 Å². The molecule has 0 bridgehead atoms. The second-order valence-electron chi connectivity index (χ2n) is 3.15. The second-order valence-corrected chi connectivity index (χ2v) is 3.15. The van der Waals surface area contributed by atoms with Gasteiger partial charge in [-0.05, 0) is 6.07 Å². The Labute approximate surface area is 94.0 Å². The number of carbonyl (C=O) groups is 1. The van der Waals surface area contributed by atoms with Crippen molar-refractivity contribution in [2.75, 3.05) is 0 Å². The third-order valence-electron chi connectivity index (χ3n) is 1.99. The maximum atomic E-state index is 10.7. The highest BCUT2D eigenvalue weighted by Gasteiger charge is 2.25. The fourth-order valence-electron chi connectivity index (χ4n) is 1.30. The van der Waals surface area contributed by atoms with Gasteiger partial charge < -0.3 is 5.11 Å². The molecule has 0 radical (unpaired) electrons. The van der Waals surface area contributed by atoms with E-state index in [0.29, 0.717) is 0 Å². The number of carboxylic acid groups (broad SMARTS) is 1. The van der Waals surface area contributed by atoms with Gasteiger partial charge in [-0.25, -0.2) is 9.48 Å². The number of carboxylic acids is 1. The minimum atomic E-state index is -1.43. The van der Waals surface area contributed by atoms with Gasteiger partial charge in [0, 0.05) is 12.4 Å². The number of aromatic nitrogens is 4.